The minimum absolute atomic E-state index is 0.600. The summed E-state index contributed by atoms with van der Waals surface area (Å²) in [7, 11) is 0. The minimum Gasteiger partial charge on any atom is -0.398 e. The maximum absolute atomic E-state index is 6.14. The van der Waals surface area contributed by atoms with E-state index in [1.165, 1.54) is 29.7 Å². The van der Waals surface area contributed by atoms with Gasteiger partial charge in [0.05, 0.1) is 0 Å². The highest BCUT2D eigenvalue weighted by atomic mass is 14.9. The molecule has 0 saturated heterocycles. The van der Waals surface area contributed by atoms with Gasteiger partial charge in [-0.15, -0.1) is 0 Å². The van der Waals surface area contributed by atoms with Crippen LogP contribution >= 0.6 is 0 Å². The number of fused-ring (bicyclic) bond motifs is 1. The summed E-state index contributed by atoms with van der Waals surface area (Å²) >= 11 is 0. The molecule has 2 unspecified atom stereocenters. The van der Waals surface area contributed by atoms with Crippen molar-refractivity contribution in [1.82, 2.24) is 0 Å². The van der Waals surface area contributed by atoms with Gasteiger partial charge in [0.15, 0.2) is 0 Å². The second kappa shape index (κ2) is 7.42. The number of rotatable bonds is 4. The largest absolute Gasteiger partial charge is 0.398 e. The molecule has 1 aliphatic rings. The van der Waals surface area contributed by atoms with Crippen molar-refractivity contribution < 1.29 is 0 Å². The Morgan fingerprint density at radius 2 is 2.00 bits per heavy atom. The molecule has 0 fully saturated rings. The Morgan fingerprint density at radius 3 is 2.58 bits per heavy atom. The van der Waals surface area contributed by atoms with E-state index in [0.29, 0.717) is 12.0 Å². The molecule has 19 heavy (non-hydrogen) atoms. The van der Waals surface area contributed by atoms with Crippen LogP contribution in [0.1, 0.15) is 58.6 Å². The molecule has 1 aromatic rings. The van der Waals surface area contributed by atoms with E-state index in [9.17, 15) is 0 Å². The maximum atomic E-state index is 6.14. The zero-order valence-electron chi connectivity index (χ0n) is 13.2. The summed E-state index contributed by atoms with van der Waals surface area (Å²) in [6, 6.07) is 5.05. The fourth-order valence-corrected chi connectivity index (χ4v) is 2.49. The van der Waals surface area contributed by atoms with Crippen LogP contribution in [0.5, 0.6) is 0 Å². The van der Waals surface area contributed by atoms with E-state index >= 15 is 0 Å². The quantitative estimate of drug-likeness (QED) is 0.776. The van der Waals surface area contributed by atoms with Gasteiger partial charge in [-0.1, -0.05) is 47.1 Å². The Balaban J connectivity index is 0.000000861. The van der Waals surface area contributed by atoms with Crippen LogP contribution in [0.2, 0.25) is 0 Å². The molecule has 0 aliphatic carbocycles. The van der Waals surface area contributed by atoms with Gasteiger partial charge in [0.25, 0.3) is 0 Å². The van der Waals surface area contributed by atoms with E-state index in [-0.39, 0.29) is 0 Å². The Labute approximate surface area is 118 Å². The van der Waals surface area contributed by atoms with Crippen LogP contribution in [0, 0.1) is 5.92 Å². The van der Waals surface area contributed by atoms with Crippen molar-refractivity contribution in [3.05, 3.63) is 23.3 Å². The maximum Gasteiger partial charge on any atom is 0.0396 e. The molecule has 0 spiro atoms. The van der Waals surface area contributed by atoms with Gasteiger partial charge >= 0.3 is 0 Å². The van der Waals surface area contributed by atoms with Crippen LogP contribution in [0.15, 0.2) is 12.1 Å². The Bertz CT molecular complexity index is 398. The van der Waals surface area contributed by atoms with Gasteiger partial charge in [-0.2, -0.15) is 0 Å². The van der Waals surface area contributed by atoms with Crippen LogP contribution in [0.25, 0.3) is 0 Å². The SMILES string of the molecule is CC.CCC(C)Cc1cc2c(cc1N)NC(CC)C2. The molecule has 0 radical (unpaired) electrons. The van der Waals surface area contributed by atoms with Gasteiger partial charge in [0.1, 0.15) is 0 Å². The fourth-order valence-electron chi connectivity index (χ4n) is 2.49. The Kier molecular flexibility index (Phi) is 6.20. The molecule has 2 atom stereocenters. The van der Waals surface area contributed by atoms with Crippen molar-refractivity contribution in [2.45, 2.75) is 66.3 Å². The second-order valence-corrected chi connectivity index (χ2v) is 5.38. The first-order valence-corrected chi connectivity index (χ1v) is 7.81. The lowest BCUT2D eigenvalue weighted by Crippen LogP contribution is -2.12. The third-order valence-electron chi connectivity index (χ3n) is 3.95. The topological polar surface area (TPSA) is 38.0 Å². The first-order valence-electron chi connectivity index (χ1n) is 7.81. The average Bonchev–Trinajstić information content (AvgIpc) is 2.83. The normalized spacial score (nSPS) is 18.1. The highest BCUT2D eigenvalue weighted by Gasteiger charge is 2.20. The number of nitrogens with one attached hydrogen (secondary N) is 1. The summed E-state index contributed by atoms with van der Waals surface area (Å²) in [6.45, 7) is 10.8. The summed E-state index contributed by atoms with van der Waals surface area (Å²) in [6.07, 6.45) is 4.65. The van der Waals surface area contributed by atoms with Crippen molar-refractivity contribution in [1.29, 1.82) is 0 Å². The van der Waals surface area contributed by atoms with E-state index in [0.717, 1.165) is 18.5 Å². The summed E-state index contributed by atoms with van der Waals surface area (Å²) in [5.74, 6) is 0.715. The van der Waals surface area contributed by atoms with Crippen LogP contribution in [0.3, 0.4) is 0 Å². The smallest absolute Gasteiger partial charge is 0.0396 e. The van der Waals surface area contributed by atoms with Gasteiger partial charge in [-0.3, -0.25) is 0 Å². The highest BCUT2D eigenvalue weighted by molar-refractivity contribution is 5.66. The lowest BCUT2D eigenvalue weighted by atomic mass is 9.95. The number of benzene rings is 1. The molecule has 108 valence electrons. The van der Waals surface area contributed by atoms with Crippen LogP contribution in [0.4, 0.5) is 11.4 Å². The molecule has 2 rings (SSSR count). The standard InChI is InChI=1S/C15H24N2.C2H6/c1-4-10(3)6-11-7-12-8-13(5-2)17-15(12)9-14(11)16;1-2/h7,9-10,13,17H,4-6,8,16H2,1-3H3;1-2H3. The van der Waals surface area contributed by atoms with Gasteiger partial charge in [0.2, 0.25) is 0 Å². The molecule has 0 aromatic heterocycles. The summed E-state index contributed by atoms with van der Waals surface area (Å²) in [5.41, 5.74) is 11.1. The summed E-state index contributed by atoms with van der Waals surface area (Å²) in [5, 5.41) is 3.54. The molecule has 1 heterocycles. The Morgan fingerprint density at radius 1 is 1.32 bits per heavy atom. The number of nitrogens with two attached hydrogens (primary N) is 1. The number of hydrogen-bond donors (Lipinski definition) is 2. The molecule has 1 aromatic carbocycles. The molecule has 1 aliphatic heterocycles. The molecule has 3 N–H and O–H groups in total. The van der Waals surface area contributed by atoms with Crippen LogP contribution < -0.4 is 11.1 Å². The first-order chi connectivity index (χ1) is 9.13. The van der Waals surface area contributed by atoms with Gasteiger partial charge in [-0.25, -0.2) is 0 Å². The number of hydrogen-bond acceptors (Lipinski definition) is 2. The van der Waals surface area contributed by atoms with Gasteiger partial charge in [-0.05, 0) is 42.4 Å². The fraction of sp³-hybridized carbons (Fsp3) is 0.647. The molecule has 2 heteroatoms. The third kappa shape index (κ3) is 3.89. The lowest BCUT2D eigenvalue weighted by Gasteiger charge is -2.13. The van der Waals surface area contributed by atoms with Crippen LogP contribution in [-0.2, 0) is 12.8 Å². The number of nitrogen functional groups attached to an aromatic ring is 1. The summed E-state index contributed by atoms with van der Waals surface area (Å²) < 4.78 is 0. The van der Waals surface area contributed by atoms with Crippen molar-refractivity contribution in [2.75, 3.05) is 11.1 Å². The second-order valence-electron chi connectivity index (χ2n) is 5.38. The number of anilines is 2. The molecular weight excluding hydrogens is 232 g/mol. The van der Waals surface area contributed by atoms with Crippen molar-refractivity contribution in [2.24, 2.45) is 5.92 Å². The molecule has 2 nitrogen and oxygen atoms in total. The zero-order valence-corrected chi connectivity index (χ0v) is 13.2. The van der Waals surface area contributed by atoms with E-state index in [1.807, 2.05) is 13.8 Å². The molecule has 0 saturated carbocycles. The van der Waals surface area contributed by atoms with Crippen molar-refractivity contribution in [3.63, 3.8) is 0 Å². The highest BCUT2D eigenvalue weighted by Crippen LogP contribution is 2.32. The predicted octanol–water partition coefficient (Wildman–Crippen LogP) is 4.63. The van der Waals surface area contributed by atoms with E-state index in [2.05, 4.69) is 38.2 Å². The van der Waals surface area contributed by atoms with Crippen LogP contribution in [-0.4, -0.2) is 6.04 Å². The third-order valence-corrected chi connectivity index (χ3v) is 3.95. The van der Waals surface area contributed by atoms with E-state index in [1.54, 1.807) is 0 Å². The predicted molar refractivity (Wildman–Crippen MR) is 86.8 cm³/mol. The van der Waals surface area contributed by atoms with Crippen molar-refractivity contribution >= 4 is 11.4 Å². The van der Waals surface area contributed by atoms with E-state index in [4.69, 9.17) is 5.73 Å². The minimum atomic E-state index is 0.600. The van der Waals surface area contributed by atoms with Gasteiger partial charge in [0, 0.05) is 17.4 Å². The Hall–Kier alpha value is -1.18. The van der Waals surface area contributed by atoms with Gasteiger partial charge < -0.3 is 11.1 Å². The van der Waals surface area contributed by atoms with Crippen molar-refractivity contribution in [3.8, 4) is 0 Å². The zero-order chi connectivity index (χ0) is 14.4. The average molecular weight is 262 g/mol. The molecule has 0 bridgehead atoms. The van der Waals surface area contributed by atoms with E-state index < -0.39 is 0 Å². The molecular formula is C17H30N2. The first kappa shape index (κ1) is 15.9. The monoisotopic (exact) mass is 262 g/mol. The lowest BCUT2D eigenvalue weighted by molar-refractivity contribution is 0.561. The summed E-state index contributed by atoms with van der Waals surface area (Å²) in [4.78, 5) is 0. The molecule has 0 amide bonds.